The molecule has 88 valence electrons. The molecule has 0 atom stereocenters. The van der Waals surface area contributed by atoms with Gasteiger partial charge in [0.1, 0.15) is 0 Å². The first-order valence-corrected chi connectivity index (χ1v) is 5.65. The van der Waals surface area contributed by atoms with Crippen molar-refractivity contribution in [1.29, 1.82) is 0 Å². The highest BCUT2D eigenvalue weighted by atomic mass is 15.3. The predicted octanol–water partition coefficient (Wildman–Crippen LogP) is 0.589. The smallest absolute Gasteiger partial charge is 0.225 e. The van der Waals surface area contributed by atoms with Gasteiger partial charge in [-0.2, -0.15) is 0 Å². The fraction of sp³-hybridized carbons (Fsp3) is 0.636. The van der Waals surface area contributed by atoms with Crippen molar-refractivity contribution in [2.75, 3.05) is 37.8 Å². The highest BCUT2D eigenvalue weighted by Gasteiger charge is 2.21. The van der Waals surface area contributed by atoms with E-state index in [-0.39, 0.29) is 0 Å². The molecule has 0 bridgehead atoms. The molecule has 0 unspecified atom stereocenters. The average molecular weight is 221 g/mol. The van der Waals surface area contributed by atoms with E-state index in [2.05, 4.69) is 33.9 Å². The fourth-order valence-electron chi connectivity index (χ4n) is 2.08. The monoisotopic (exact) mass is 221 g/mol. The molecule has 16 heavy (non-hydrogen) atoms. The summed E-state index contributed by atoms with van der Waals surface area (Å²) in [6, 6.07) is 0.685. The van der Waals surface area contributed by atoms with Gasteiger partial charge in [0.25, 0.3) is 0 Å². The number of nitrogen functional groups attached to an aromatic ring is 1. The van der Waals surface area contributed by atoms with E-state index >= 15 is 0 Å². The molecular weight excluding hydrogens is 202 g/mol. The molecule has 2 heterocycles. The molecule has 1 aromatic rings. The Morgan fingerprint density at radius 3 is 2.31 bits per heavy atom. The van der Waals surface area contributed by atoms with E-state index in [9.17, 15) is 0 Å². The van der Waals surface area contributed by atoms with E-state index in [0.717, 1.165) is 19.0 Å². The van der Waals surface area contributed by atoms with Gasteiger partial charge < -0.3 is 15.5 Å². The van der Waals surface area contributed by atoms with Gasteiger partial charge >= 0.3 is 0 Å². The van der Waals surface area contributed by atoms with Gasteiger partial charge in [-0.05, 0) is 26.9 Å². The molecule has 2 N–H and O–H groups in total. The first kappa shape index (κ1) is 11.1. The maximum atomic E-state index is 5.57. The molecule has 0 aromatic carbocycles. The van der Waals surface area contributed by atoms with Gasteiger partial charge in [-0.3, -0.25) is 0 Å². The number of hydrogen-bond acceptors (Lipinski definition) is 5. The maximum Gasteiger partial charge on any atom is 0.225 e. The van der Waals surface area contributed by atoms with Gasteiger partial charge in [0.2, 0.25) is 5.95 Å². The number of aromatic nitrogens is 2. The third-order valence-corrected chi connectivity index (χ3v) is 3.14. The lowest BCUT2D eigenvalue weighted by atomic mass is 10.0. The minimum absolute atomic E-state index is 0.618. The zero-order valence-corrected chi connectivity index (χ0v) is 9.93. The van der Waals surface area contributed by atoms with Crippen molar-refractivity contribution in [3.8, 4) is 0 Å². The minimum atomic E-state index is 0.618. The van der Waals surface area contributed by atoms with Crippen molar-refractivity contribution in [1.82, 2.24) is 14.9 Å². The van der Waals surface area contributed by atoms with Crippen LogP contribution in [-0.4, -0.2) is 48.1 Å². The molecule has 1 fully saturated rings. The Morgan fingerprint density at radius 1 is 1.25 bits per heavy atom. The number of hydrogen-bond donors (Lipinski definition) is 1. The van der Waals surface area contributed by atoms with Crippen LogP contribution in [0.4, 0.5) is 11.6 Å². The molecule has 0 radical (unpaired) electrons. The lowest BCUT2D eigenvalue weighted by molar-refractivity contribution is 0.249. The summed E-state index contributed by atoms with van der Waals surface area (Å²) in [5.41, 5.74) is 6.19. The average Bonchev–Trinajstić information content (AvgIpc) is 2.30. The van der Waals surface area contributed by atoms with Crippen LogP contribution in [0.5, 0.6) is 0 Å². The summed E-state index contributed by atoms with van der Waals surface area (Å²) in [5.74, 6) is 0.798. The fourth-order valence-corrected chi connectivity index (χ4v) is 2.08. The maximum absolute atomic E-state index is 5.57. The Balaban J connectivity index is 1.96. The van der Waals surface area contributed by atoms with Crippen molar-refractivity contribution >= 4 is 11.6 Å². The Kier molecular flexibility index (Phi) is 3.24. The van der Waals surface area contributed by atoms with Gasteiger partial charge in [-0.1, -0.05) is 0 Å². The van der Waals surface area contributed by atoms with E-state index in [4.69, 9.17) is 5.73 Å². The molecule has 1 saturated heterocycles. The highest BCUT2D eigenvalue weighted by Crippen LogP contribution is 2.18. The number of nitrogens with zero attached hydrogens (tertiary/aromatic N) is 4. The van der Waals surface area contributed by atoms with Crippen LogP contribution in [-0.2, 0) is 0 Å². The molecule has 0 aliphatic carbocycles. The summed E-state index contributed by atoms with van der Waals surface area (Å²) in [5, 5.41) is 0. The van der Waals surface area contributed by atoms with E-state index < -0.39 is 0 Å². The van der Waals surface area contributed by atoms with Crippen LogP contribution in [0.1, 0.15) is 12.8 Å². The SMILES string of the molecule is CN(C)C1CCN(c2ncc(N)cn2)CC1. The number of piperidine rings is 1. The second-order valence-corrected chi connectivity index (χ2v) is 4.50. The van der Waals surface area contributed by atoms with Crippen LogP contribution in [0, 0.1) is 0 Å². The predicted molar refractivity (Wildman–Crippen MR) is 65.4 cm³/mol. The van der Waals surface area contributed by atoms with Crippen molar-refractivity contribution in [2.24, 2.45) is 0 Å². The molecule has 0 amide bonds. The van der Waals surface area contributed by atoms with Gasteiger partial charge in [-0.25, -0.2) is 9.97 Å². The Morgan fingerprint density at radius 2 is 1.81 bits per heavy atom. The molecule has 5 nitrogen and oxygen atoms in total. The largest absolute Gasteiger partial charge is 0.396 e. The lowest BCUT2D eigenvalue weighted by Gasteiger charge is -2.35. The van der Waals surface area contributed by atoms with Crippen LogP contribution >= 0.6 is 0 Å². The van der Waals surface area contributed by atoms with Crippen LogP contribution in [0.15, 0.2) is 12.4 Å². The lowest BCUT2D eigenvalue weighted by Crippen LogP contribution is -2.42. The Labute approximate surface area is 96.3 Å². The molecule has 5 heteroatoms. The van der Waals surface area contributed by atoms with Crippen LogP contribution in [0.25, 0.3) is 0 Å². The highest BCUT2D eigenvalue weighted by molar-refractivity contribution is 5.38. The minimum Gasteiger partial charge on any atom is -0.396 e. The van der Waals surface area contributed by atoms with Gasteiger partial charge in [0.15, 0.2) is 0 Å². The molecule has 1 aromatic heterocycles. The van der Waals surface area contributed by atoms with Crippen LogP contribution in [0.3, 0.4) is 0 Å². The van der Waals surface area contributed by atoms with Crippen molar-refractivity contribution in [3.05, 3.63) is 12.4 Å². The first-order chi connectivity index (χ1) is 7.66. The second-order valence-electron chi connectivity index (χ2n) is 4.50. The summed E-state index contributed by atoms with van der Waals surface area (Å²) in [7, 11) is 4.28. The summed E-state index contributed by atoms with van der Waals surface area (Å²) >= 11 is 0. The van der Waals surface area contributed by atoms with E-state index in [1.807, 2.05) is 0 Å². The molecule has 1 aliphatic rings. The van der Waals surface area contributed by atoms with Crippen molar-refractivity contribution in [2.45, 2.75) is 18.9 Å². The van der Waals surface area contributed by atoms with Crippen LogP contribution < -0.4 is 10.6 Å². The Bertz CT molecular complexity index is 327. The van der Waals surface area contributed by atoms with Crippen molar-refractivity contribution in [3.63, 3.8) is 0 Å². The topological polar surface area (TPSA) is 58.3 Å². The third-order valence-electron chi connectivity index (χ3n) is 3.14. The number of rotatable bonds is 2. The molecule has 0 saturated carbocycles. The van der Waals surface area contributed by atoms with E-state index in [1.165, 1.54) is 12.8 Å². The second kappa shape index (κ2) is 4.65. The van der Waals surface area contributed by atoms with Crippen LogP contribution in [0.2, 0.25) is 0 Å². The third kappa shape index (κ3) is 2.41. The summed E-state index contributed by atoms with van der Waals surface area (Å²) in [6.07, 6.45) is 5.67. The molecular formula is C11H19N5. The summed E-state index contributed by atoms with van der Waals surface area (Å²) in [4.78, 5) is 13.0. The molecule has 2 rings (SSSR count). The standard InChI is InChI=1S/C11H19N5/c1-15(2)10-3-5-16(6-4-10)11-13-7-9(12)8-14-11/h7-8,10H,3-6,12H2,1-2H3. The van der Waals surface area contributed by atoms with Crippen molar-refractivity contribution < 1.29 is 0 Å². The molecule has 1 aliphatic heterocycles. The van der Waals surface area contributed by atoms with Gasteiger partial charge in [-0.15, -0.1) is 0 Å². The summed E-state index contributed by atoms with van der Waals surface area (Å²) in [6.45, 7) is 2.04. The molecule has 0 spiro atoms. The zero-order chi connectivity index (χ0) is 11.5. The summed E-state index contributed by atoms with van der Waals surface area (Å²) < 4.78 is 0. The van der Waals surface area contributed by atoms with Gasteiger partial charge in [0, 0.05) is 19.1 Å². The van der Waals surface area contributed by atoms with E-state index in [0.29, 0.717) is 11.7 Å². The zero-order valence-electron chi connectivity index (χ0n) is 9.93. The number of anilines is 2. The number of nitrogens with two attached hydrogens (primary N) is 1. The Hall–Kier alpha value is -1.36. The first-order valence-electron chi connectivity index (χ1n) is 5.65. The quantitative estimate of drug-likeness (QED) is 0.792. The normalized spacial score (nSPS) is 18.1. The van der Waals surface area contributed by atoms with Gasteiger partial charge in [0.05, 0.1) is 18.1 Å². The van der Waals surface area contributed by atoms with E-state index in [1.54, 1.807) is 12.4 Å².